The van der Waals surface area contributed by atoms with Crippen LogP contribution in [0.4, 0.5) is 0 Å². The number of aliphatic hydroxyl groups excluding tert-OH is 1. The van der Waals surface area contributed by atoms with Crippen LogP contribution >= 0.6 is 15.9 Å². The number of nitrogens with zero attached hydrogens (tertiary/aromatic N) is 1. The van der Waals surface area contributed by atoms with E-state index in [0.29, 0.717) is 5.89 Å². The van der Waals surface area contributed by atoms with Gasteiger partial charge in [-0.2, -0.15) is 0 Å². The average Bonchev–Trinajstić information content (AvgIpc) is 2.78. The molecule has 0 aliphatic rings. The fraction of sp³-hybridized carbons (Fsp3) is 0.250. The van der Waals surface area contributed by atoms with Gasteiger partial charge in [0.2, 0.25) is 5.89 Å². The van der Waals surface area contributed by atoms with Gasteiger partial charge in [-0.05, 0) is 24.3 Å². The Bertz CT molecular complexity index is 464. The Morgan fingerprint density at radius 1 is 1.38 bits per heavy atom. The van der Waals surface area contributed by atoms with Crippen LogP contribution in [-0.2, 0) is 0 Å². The number of aliphatic hydroxyl groups is 1. The molecule has 1 aromatic carbocycles. The van der Waals surface area contributed by atoms with Crippen LogP contribution in [0, 0.1) is 0 Å². The topological polar surface area (TPSA) is 46.3 Å². The van der Waals surface area contributed by atoms with Crippen LogP contribution in [0.1, 0.15) is 18.5 Å². The second-order valence-electron chi connectivity index (χ2n) is 3.67. The molecule has 1 aromatic heterocycles. The highest BCUT2D eigenvalue weighted by Gasteiger charge is 2.11. The molecule has 2 aromatic rings. The lowest BCUT2D eigenvalue weighted by molar-refractivity contribution is 0.271. The molecule has 0 aliphatic heterocycles. The summed E-state index contributed by atoms with van der Waals surface area (Å²) in [7, 11) is 0. The minimum atomic E-state index is 0.00736. The summed E-state index contributed by atoms with van der Waals surface area (Å²) in [5.74, 6) is 0.593. The highest BCUT2D eigenvalue weighted by Crippen LogP contribution is 2.23. The third-order valence-electron chi connectivity index (χ3n) is 2.39. The van der Waals surface area contributed by atoms with E-state index < -0.39 is 0 Å². The summed E-state index contributed by atoms with van der Waals surface area (Å²) >= 11 is 3.37. The van der Waals surface area contributed by atoms with Crippen LogP contribution in [0.2, 0.25) is 0 Å². The Kier molecular flexibility index (Phi) is 3.41. The van der Waals surface area contributed by atoms with Gasteiger partial charge in [0.1, 0.15) is 6.26 Å². The molecule has 1 unspecified atom stereocenters. The number of hydrogen-bond donors (Lipinski definition) is 1. The van der Waals surface area contributed by atoms with Gasteiger partial charge in [-0.15, -0.1) is 0 Å². The normalized spacial score (nSPS) is 12.7. The zero-order valence-electron chi connectivity index (χ0n) is 8.85. The number of rotatable bonds is 3. The standard InChI is InChI=1S/C12H12BrNO2/c1-8(6-15)11-7-16-12(14-11)9-2-4-10(13)5-3-9/h2-5,7-8,15H,6H2,1H3. The first kappa shape index (κ1) is 11.4. The molecule has 0 radical (unpaired) electrons. The minimum absolute atomic E-state index is 0.00736. The summed E-state index contributed by atoms with van der Waals surface area (Å²) in [5.41, 5.74) is 1.71. The smallest absolute Gasteiger partial charge is 0.226 e. The van der Waals surface area contributed by atoms with Crippen molar-refractivity contribution in [3.63, 3.8) is 0 Å². The van der Waals surface area contributed by atoms with E-state index in [1.54, 1.807) is 6.26 Å². The van der Waals surface area contributed by atoms with Gasteiger partial charge in [0.05, 0.1) is 12.3 Å². The summed E-state index contributed by atoms with van der Waals surface area (Å²) in [5, 5.41) is 9.02. The van der Waals surface area contributed by atoms with Crippen LogP contribution in [0.25, 0.3) is 11.5 Å². The van der Waals surface area contributed by atoms with Crippen molar-refractivity contribution in [3.8, 4) is 11.5 Å². The number of aromatic nitrogens is 1. The Labute approximate surface area is 102 Å². The van der Waals surface area contributed by atoms with Crippen molar-refractivity contribution in [1.82, 2.24) is 4.98 Å². The van der Waals surface area contributed by atoms with E-state index in [0.717, 1.165) is 15.7 Å². The second kappa shape index (κ2) is 4.80. The van der Waals surface area contributed by atoms with E-state index in [1.165, 1.54) is 0 Å². The predicted octanol–water partition coefficient (Wildman–Crippen LogP) is 3.20. The molecule has 0 fully saturated rings. The molecule has 16 heavy (non-hydrogen) atoms. The van der Waals surface area contributed by atoms with Crippen molar-refractivity contribution in [3.05, 3.63) is 40.7 Å². The molecule has 0 aliphatic carbocycles. The summed E-state index contributed by atoms with van der Waals surface area (Å²) in [6, 6.07) is 7.75. The Balaban J connectivity index is 2.28. The van der Waals surface area contributed by atoms with Gasteiger partial charge in [-0.3, -0.25) is 0 Å². The Morgan fingerprint density at radius 3 is 2.69 bits per heavy atom. The van der Waals surface area contributed by atoms with Gasteiger partial charge < -0.3 is 9.52 Å². The lowest BCUT2D eigenvalue weighted by Crippen LogP contribution is -1.98. The highest BCUT2D eigenvalue weighted by atomic mass is 79.9. The molecule has 0 amide bonds. The zero-order valence-corrected chi connectivity index (χ0v) is 10.4. The predicted molar refractivity (Wildman–Crippen MR) is 65.1 cm³/mol. The molecule has 0 bridgehead atoms. The number of oxazole rings is 1. The van der Waals surface area contributed by atoms with Gasteiger partial charge in [-0.25, -0.2) is 4.98 Å². The summed E-state index contributed by atoms with van der Waals surface area (Å²) in [6.45, 7) is 1.98. The van der Waals surface area contributed by atoms with Crippen LogP contribution in [0.15, 0.2) is 39.4 Å². The zero-order chi connectivity index (χ0) is 11.5. The van der Waals surface area contributed by atoms with Gasteiger partial charge >= 0.3 is 0 Å². The molecule has 1 N–H and O–H groups in total. The number of hydrogen-bond acceptors (Lipinski definition) is 3. The summed E-state index contributed by atoms with van der Waals surface area (Å²) < 4.78 is 6.40. The highest BCUT2D eigenvalue weighted by molar-refractivity contribution is 9.10. The summed E-state index contributed by atoms with van der Waals surface area (Å²) in [6.07, 6.45) is 1.60. The second-order valence-corrected chi connectivity index (χ2v) is 4.58. The van der Waals surface area contributed by atoms with Crippen molar-refractivity contribution < 1.29 is 9.52 Å². The maximum atomic E-state index is 9.02. The first-order valence-corrected chi connectivity index (χ1v) is 5.82. The SMILES string of the molecule is CC(CO)c1coc(-c2ccc(Br)cc2)n1. The maximum Gasteiger partial charge on any atom is 0.226 e. The lowest BCUT2D eigenvalue weighted by atomic mass is 10.1. The van der Waals surface area contributed by atoms with E-state index in [1.807, 2.05) is 31.2 Å². The number of halogens is 1. The van der Waals surface area contributed by atoms with Crippen LogP contribution in [-0.4, -0.2) is 16.7 Å². The van der Waals surface area contributed by atoms with Crippen molar-refractivity contribution in [2.45, 2.75) is 12.8 Å². The number of benzene rings is 1. The van der Waals surface area contributed by atoms with Gasteiger partial charge in [0.15, 0.2) is 0 Å². The summed E-state index contributed by atoms with van der Waals surface area (Å²) in [4.78, 5) is 4.34. The van der Waals surface area contributed by atoms with Crippen molar-refractivity contribution in [2.24, 2.45) is 0 Å². The van der Waals surface area contributed by atoms with Gasteiger partial charge in [0.25, 0.3) is 0 Å². The van der Waals surface area contributed by atoms with Crippen LogP contribution < -0.4 is 0 Å². The van der Waals surface area contributed by atoms with Crippen LogP contribution in [0.3, 0.4) is 0 Å². The monoisotopic (exact) mass is 281 g/mol. The van der Waals surface area contributed by atoms with Gasteiger partial charge in [-0.1, -0.05) is 22.9 Å². The molecule has 0 saturated carbocycles. The fourth-order valence-corrected chi connectivity index (χ4v) is 1.60. The molecule has 4 heteroatoms. The van der Waals surface area contributed by atoms with E-state index in [4.69, 9.17) is 9.52 Å². The molecule has 1 atom stereocenters. The van der Waals surface area contributed by atoms with E-state index in [2.05, 4.69) is 20.9 Å². The fourth-order valence-electron chi connectivity index (χ4n) is 1.33. The molecular formula is C12H12BrNO2. The van der Waals surface area contributed by atoms with Gasteiger partial charge in [0, 0.05) is 16.0 Å². The van der Waals surface area contributed by atoms with E-state index in [9.17, 15) is 0 Å². The maximum absolute atomic E-state index is 9.02. The molecule has 2 rings (SSSR count). The van der Waals surface area contributed by atoms with E-state index in [-0.39, 0.29) is 12.5 Å². The molecule has 1 heterocycles. The quantitative estimate of drug-likeness (QED) is 0.940. The van der Waals surface area contributed by atoms with E-state index >= 15 is 0 Å². The van der Waals surface area contributed by atoms with Crippen molar-refractivity contribution in [2.75, 3.05) is 6.61 Å². The van der Waals surface area contributed by atoms with Crippen molar-refractivity contribution >= 4 is 15.9 Å². The van der Waals surface area contributed by atoms with Crippen molar-refractivity contribution in [1.29, 1.82) is 0 Å². The largest absolute Gasteiger partial charge is 0.444 e. The molecule has 0 spiro atoms. The third-order valence-corrected chi connectivity index (χ3v) is 2.92. The third kappa shape index (κ3) is 2.33. The minimum Gasteiger partial charge on any atom is -0.444 e. The molecule has 3 nitrogen and oxygen atoms in total. The average molecular weight is 282 g/mol. The molecule has 0 saturated heterocycles. The molecular weight excluding hydrogens is 270 g/mol. The first-order chi connectivity index (χ1) is 7.70. The lowest BCUT2D eigenvalue weighted by Gasteiger charge is -2.00. The Hall–Kier alpha value is -1.13. The first-order valence-electron chi connectivity index (χ1n) is 5.03. The molecule has 84 valence electrons. The Morgan fingerprint density at radius 2 is 2.06 bits per heavy atom. The van der Waals surface area contributed by atoms with Crippen LogP contribution in [0.5, 0.6) is 0 Å².